The number of thiazole rings is 1. The Hall–Kier alpha value is -3.19. The summed E-state index contributed by atoms with van der Waals surface area (Å²) < 4.78 is 0. The molecule has 34 heavy (non-hydrogen) atoms. The van der Waals surface area contributed by atoms with Gasteiger partial charge in [-0.2, -0.15) is 0 Å². The van der Waals surface area contributed by atoms with Crippen LogP contribution in [0.4, 0.5) is 10.8 Å². The van der Waals surface area contributed by atoms with Crippen LogP contribution in [0.3, 0.4) is 0 Å². The normalized spacial score (nSPS) is 10.7. The molecule has 0 fully saturated rings. The molecule has 0 unspecified atom stereocenters. The van der Waals surface area contributed by atoms with E-state index in [4.69, 9.17) is 5.11 Å². The van der Waals surface area contributed by atoms with Crippen LogP contribution in [-0.2, 0) is 24.2 Å². The molecule has 0 atom stereocenters. The Labute approximate surface area is 205 Å². The molecular formula is C27H33N3O3S. The van der Waals surface area contributed by atoms with Crippen LogP contribution in [0, 0.1) is 0 Å². The first-order valence-corrected chi connectivity index (χ1v) is 12.8. The van der Waals surface area contributed by atoms with Gasteiger partial charge in [-0.1, -0.05) is 69.4 Å². The summed E-state index contributed by atoms with van der Waals surface area (Å²) in [6.45, 7) is 2.92. The maximum Gasteiger partial charge on any atom is 0.309 e. The van der Waals surface area contributed by atoms with Crippen LogP contribution in [0.15, 0.2) is 53.9 Å². The molecule has 7 heteroatoms. The van der Waals surface area contributed by atoms with Crippen molar-refractivity contribution >= 4 is 34.0 Å². The number of benzene rings is 2. The summed E-state index contributed by atoms with van der Waals surface area (Å²) in [6, 6.07) is 15.9. The number of nitrogens with zero attached hydrogens (tertiary/aromatic N) is 1. The van der Waals surface area contributed by atoms with Crippen LogP contribution in [0.5, 0.6) is 0 Å². The van der Waals surface area contributed by atoms with E-state index in [-0.39, 0.29) is 12.3 Å². The number of anilines is 2. The van der Waals surface area contributed by atoms with E-state index in [1.807, 2.05) is 12.1 Å². The van der Waals surface area contributed by atoms with E-state index in [2.05, 4.69) is 46.8 Å². The zero-order chi connectivity index (χ0) is 24.2. The van der Waals surface area contributed by atoms with Crippen LogP contribution in [0.1, 0.15) is 72.6 Å². The molecule has 0 bridgehead atoms. The molecule has 1 heterocycles. The van der Waals surface area contributed by atoms with Gasteiger partial charge in [0.15, 0.2) is 5.13 Å². The number of unbranched alkanes of at least 4 members (excludes halogenated alkanes) is 5. The highest BCUT2D eigenvalue weighted by molar-refractivity contribution is 7.14. The number of aromatic nitrogens is 1. The standard InChI is InChI=1S/C27H33N3O3S/c1-2-3-4-5-6-7-10-21-11-8-9-12-24(21)28-18-20-13-15-22(16-14-20)26(33)30-27-29-23(19-34-27)17-25(31)32/h8-9,11-16,19,28H,2-7,10,17-18H2,1H3,(H,31,32)(H,29,30,33). The van der Waals surface area contributed by atoms with Crippen molar-refractivity contribution in [3.05, 3.63) is 76.3 Å². The molecule has 0 aliphatic carbocycles. The van der Waals surface area contributed by atoms with Crippen molar-refractivity contribution in [3.8, 4) is 0 Å². The lowest BCUT2D eigenvalue weighted by molar-refractivity contribution is -0.136. The van der Waals surface area contributed by atoms with E-state index in [1.165, 1.54) is 61.1 Å². The molecule has 0 aliphatic rings. The Morgan fingerprint density at radius 2 is 1.71 bits per heavy atom. The number of aryl methyl sites for hydroxylation is 1. The number of carboxylic acids is 1. The Morgan fingerprint density at radius 3 is 2.47 bits per heavy atom. The average Bonchev–Trinajstić information content (AvgIpc) is 3.26. The van der Waals surface area contributed by atoms with Gasteiger partial charge in [0.2, 0.25) is 0 Å². The van der Waals surface area contributed by atoms with Crippen LogP contribution >= 0.6 is 11.3 Å². The molecule has 0 aliphatic heterocycles. The summed E-state index contributed by atoms with van der Waals surface area (Å²) in [6.07, 6.45) is 8.67. The topological polar surface area (TPSA) is 91.3 Å². The van der Waals surface area contributed by atoms with Crippen molar-refractivity contribution in [1.29, 1.82) is 0 Å². The van der Waals surface area contributed by atoms with Gasteiger partial charge >= 0.3 is 5.97 Å². The van der Waals surface area contributed by atoms with Crippen molar-refractivity contribution in [2.24, 2.45) is 0 Å². The molecule has 180 valence electrons. The van der Waals surface area contributed by atoms with Gasteiger partial charge in [-0.05, 0) is 42.2 Å². The van der Waals surface area contributed by atoms with E-state index in [9.17, 15) is 9.59 Å². The van der Waals surface area contributed by atoms with Crippen LogP contribution in [0.25, 0.3) is 0 Å². The molecule has 1 aromatic heterocycles. The largest absolute Gasteiger partial charge is 0.481 e. The maximum atomic E-state index is 12.5. The summed E-state index contributed by atoms with van der Waals surface area (Å²) in [5.41, 5.74) is 4.57. The summed E-state index contributed by atoms with van der Waals surface area (Å²) in [5, 5.41) is 17.2. The Kier molecular flexibility index (Phi) is 10.1. The third-order valence-electron chi connectivity index (χ3n) is 5.62. The third-order valence-corrected chi connectivity index (χ3v) is 6.43. The van der Waals surface area contributed by atoms with Crippen LogP contribution in [-0.4, -0.2) is 22.0 Å². The molecule has 0 saturated heterocycles. The van der Waals surface area contributed by atoms with E-state index < -0.39 is 5.97 Å². The van der Waals surface area contributed by atoms with Gasteiger partial charge in [0, 0.05) is 23.2 Å². The number of nitrogens with one attached hydrogen (secondary N) is 2. The molecule has 6 nitrogen and oxygen atoms in total. The predicted octanol–water partition coefficient (Wildman–Crippen LogP) is 6.54. The van der Waals surface area contributed by atoms with E-state index in [0.717, 1.165) is 12.0 Å². The lowest BCUT2D eigenvalue weighted by Gasteiger charge is -2.12. The van der Waals surface area contributed by atoms with Gasteiger partial charge in [-0.15, -0.1) is 11.3 Å². The Bertz CT molecular complexity index is 1060. The van der Waals surface area contributed by atoms with Gasteiger partial charge in [0.05, 0.1) is 12.1 Å². The molecule has 3 N–H and O–H groups in total. The number of rotatable bonds is 14. The Morgan fingerprint density at radius 1 is 0.971 bits per heavy atom. The van der Waals surface area contributed by atoms with Crippen LogP contribution < -0.4 is 10.6 Å². The lowest BCUT2D eigenvalue weighted by Crippen LogP contribution is -2.12. The van der Waals surface area contributed by atoms with E-state index in [0.29, 0.717) is 22.9 Å². The van der Waals surface area contributed by atoms with Crippen molar-refractivity contribution in [1.82, 2.24) is 4.98 Å². The van der Waals surface area contributed by atoms with Gasteiger partial charge < -0.3 is 10.4 Å². The SMILES string of the molecule is CCCCCCCCc1ccccc1NCc1ccc(C(=O)Nc2nc(CC(=O)O)cs2)cc1. The molecule has 2 aromatic carbocycles. The fraction of sp³-hybridized carbons (Fsp3) is 0.370. The third kappa shape index (κ3) is 8.30. The number of carbonyl (C=O) groups excluding carboxylic acids is 1. The van der Waals surface area contributed by atoms with Gasteiger partial charge in [0.1, 0.15) is 0 Å². The first kappa shape index (κ1) is 25.4. The number of hydrogen-bond acceptors (Lipinski definition) is 5. The summed E-state index contributed by atoms with van der Waals surface area (Å²) >= 11 is 1.22. The van der Waals surface area contributed by atoms with Crippen LogP contribution in [0.2, 0.25) is 0 Å². The summed E-state index contributed by atoms with van der Waals surface area (Å²) in [5.74, 6) is -1.21. The summed E-state index contributed by atoms with van der Waals surface area (Å²) in [7, 11) is 0. The number of carboxylic acid groups (broad SMARTS) is 1. The smallest absolute Gasteiger partial charge is 0.309 e. The predicted molar refractivity (Wildman–Crippen MR) is 139 cm³/mol. The first-order valence-electron chi connectivity index (χ1n) is 11.9. The van der Waals surface area contributed by atoms with Gasteiger partial charge in [-0.3, -0.25) is 14.9 Å². The molecular weight excluding hydrogens is 446 g/mol. The molecule has 0 saturated carbocycles. The van der Waals surface area contributed by atoms with Crippen molar-refractivity contribution < 1.29 is 14.7 Å². The van der Waals surface area contributed by atoms with Gasteiger partial charge in [-0.25, -0.2) is 4.98 Å². The first-order chi connectivity index (χ1) is 16.5. The van der Waals surface area contributed by atoms with E-state index in [1.54, 1.807) is 17.5 Å². The zero-order valence-electron chi connectivity index (χ0n) is 19.7. The quantitative estimate of drug-likeness (QED) is 0.228. The second-order valence-corrected chi connectivity index (χ2v) is 9.25. The summed E-state index contributed by atoms with van der Waals surface area (Å²) in [4.78, 5) is 27.4. The second-order valence-electron chi connectivity index (χ2n) is 8.39. The molecule has 3 rings (SSSR count). The average molecular weight is 480 g/mol. The highest BCUT2D eigenvalue weighted by Crippen LogP contribution is 2.20. The minimum Gasteiger partial charge on any atom is -0.481 e. The van der Waals surface area contributed by atoms with Gasteiger partial charge in [0.25, 0.3) is 5.91 Å². The Balaban J connectivity index is 1.49. The fourth-order valence-electron chi connectivity index (χ4n) is 3.75. The van der Waals surface area contributed by atoms with E-state index >= 15 is 0 Å². The van der Waals surface area contributed by atoms with Crippen molar-refractivity contribution in [2.75, 3.05) is 10.6 Å². The molecule has 0 spiro atoms. The van der Waals surface area contributed by atoms with Crippen molar-refractivity contribution in [2.45, 2.75) is 64.8 Å². The zero-order valence-corrected chi connectivity index (χ0v) is 20.5. The maximum absolute atomic E-state index is 12.5. The highest BCUT2D eigenvalue weighted by atomic mass is 32.1. The number of amides is 1. The molecule has 0 radical (unpaired) electrons. The minimum absolute atomic E-state index is 0.157. The highest BCUT2D eigenvalue weighted by Gasteiger charge is 2.11. The number of para-hydroxylation sites is 1. The number of aliphatic carboxylic acids is 1. The monoisotopic (exact) mass is 479 g/mol. The number of hydrogen-bond donors (Lipinski definition) is 3. The number of carbonyl (C=O) groups is 2. The minimum atomic E-state index is -0.947. The second kappa shape index (κ2) is 13.5. The fourth-order valence-corrected chi connectivity index (χ4v) is 4.45. The lowest BCUT2D eigenvalue weighted by atomic mass is 10.0. The molecule has 1 amide bonds. The molecule has 3 aromatic rings. The van der Waals surface area contributed by atoms with Crippen molar-refractivity contribution in [3.63, 3.8) is 0 Å².